The van der Waals surface area contributed by atoms with E-state index in [1.807, 2.05) is 18.2 Å². The van der Waals surface area contributed by atoms with Gasteiger partial charge in [0.1, 0.15) is 0 Å². The van der Waals surface area contributed by atoms with Gasteiger partial charge in [-0.1, -0.05) is 30.3 Å². The molecule has 5 nitrogen and oxygen atoms in total. The summed E-state index contributed by atoms with van der Waals surface area (Å²) in [6.07, 6.45) is 2.35. The van der Waals surface area contributed by atoms with Crippen molar-refractivity contribution in [2.24, 2.45) is 5.92 Å². The van der Waals surface area contributed by atoms with Gasteiger partial charge < -0.3 is 5.11 Å². The molecule has 1 aromatic rings. The normalized spacial score (nSPS) is 27.0. The summed E-state index contributed by atoms with van der Waals surface area (Å²) in [5, 5.41) is 9.32. The van der Waals surface area contributed by atoms with E-state index < -0.39 is 10.0 Å². The van der Waals surface area contributed by atoms with Crippen LogP contribution in [0, 0.1) is 5.92 Å². The molecule has 1 saturated carbocycles. The second-order valence-corrected chi connectivity index (χ2v) is 8.41. The number of nitrogens with zero attached hydrogens (tertiary/aromatic N) is 1. The molecule has 3 rings (SSSR count). The number of piperidine rings is 1. The zero-order valence-corrected chi connectivity index (χ0v) is 13.5. The van der Waals surface area contributed by atoms with Crippen LogP contribution in [0.25, 0.3) is 0 Å². The predicted molar refractivity (Wildman–Crippen MR) is 85.8 cm³/mol. The number of benzene rings is 1. The monoisotopic (exact) mass is 324 g/mol. The Morgan fingerprint density at radius 3 is 2.55 bits per heavy atom. The van der Waals surface area contributed by atoms with E-state index in [1.54, 1.807) is 0 Å². The largest absolute Gasteiger partial charge is 0.396 e. The van der Waals surface area contributed by atoms with Crippen LogP contribution in [0.1, 0.15) is 24.8 Å². The Morgan fingerprint density at radius 1 is 1.18 bits per heavy atom. The van der Waals surface area contributed by atoms with Gasteiger partial charge in [0.05, 0.1) is 5.25 Å². The highest BCUT2D eigenvalue weighted by atomic mass is 32.2. The highest BCUT2D eigenvalue weighted by Crippen LogP contribution is 2.29. The van der Waals surface area contributed by atoms with Crippen LogP contribution >= 0.6 is 0 Å². The summed E-state index contributed by atoms with van der Waals surface area (Å²) in [4.78, 5) is 2.27. The molecule has 2 N–H and O–H groups in total. The molecule has 22 heavy (non-hydrogen) atoms. The summed E-state index contributed by atoms with van der Waals surface area (Å²) in [6.45, 7) is 2.41. The van der Waals surface area contributed by atoms with E-state index in [4.69, 9.17) is 0 Å². The van der Waals surface area contributed by atoms with E-state index in [2.05, 4.69) is 21.8 Å². The fraction of sp³-hybridized carbons (Fsp3) is 0.625. The zero-order chi connectivity index (χ0) is 15.6. The number of hydrogen-bond donors (Lipinski definition) is 2. The van der Waals surface area contributed by atoms with Crippen LogP contribution in [0.2, 0.25) is 0 Å². The summed E-state index contributed by atoms with van der Waals surface area (Å²) in [7, 11) is -3.21. The van der Waals surface area contributed by atoms with Gasteiger partial charge >= 0.3 is 0 Å². The van der Waals surface area contributed by atoms with Crippen molar-refractivity contribution in [1.29, 1.82) is 0 Å². The van der Waals surface area contributed by atoms with Gasteiger partial charge in [0.15, 0.2) is 0 Å². The van der Waals surface area contributed by atoms with Gasteiger partial charge in [0.2, 0.25) is 10.0 Å². The number of aliphatic hydroxyl groups excluding tert-OH is 1. The smallest absolute Gasteiger partial charge is 0.214 e. The van der Waals surface area contributed by atoms with Crippen molar-refractivity contribution in [2.45, 2.75) is 37.1 Å². The number of likely N-dealkylation sites (tertiary alicyclic amines) is 1. The van der Waals surface area contributed by atoms with E-state index in [-0.39, 0.29) is 23.8 Å². The van der Waals surface area contributed by atoms with Gasteiger partial charge in [-0.3, -0.25) is 4.90 Å². The molecule has 2 atom stereocenters. The Hall–Kier alpha value is -0.950. The zero-order valence-electron chi connectivity index (χ0n) is 12.7. The Morgan fingerprint density at radius 2 is 1.91 bits per heavy atom. The first kappa shape index (κ1) is 15.9. The fourth-order valence-corrected chi connectivity index (χ4v) is 4.73. The molecule has 1 aliphatic carbocycles. The first-order valence-electron chi connectivity index (χ1n) is 7.97. The van der Waals surface area contributed by atoms with Gasteiger partial charge in [-0.2, -0.15) is 0 Å². The van der Waals surface area contributed by atoms with Crippen LogP contribution in [0.5, 0.6) is 0 Å². The lowest BCUT2D eigenvalue weighted by Gasteiger charge is -2.38. The Balaban J connectivity index is 1.64. The Bertz CT molecular complexity index is 587. The molecule has 1 saturated heterocycles. The molecular formula is C16H24N2O3S. The van der Waals surface area contributed by atoms with Crippen molar-refractivity contribution in [3.05, 3.63) is 35.9 Å². The molecule has 1 heterocycles. The van der Waals surface area contributed by atoms with Gasteiger partial charge in [-0.15, -0.1) is 0 Å². The molecule has 0 bridgehead atoms. The molecule has 0 amide bonds. The molecule has 1 aliphatic heterocycles. The van der Waals surface area contributed by atoms with Crippen LogP contribution in [0.4, 0.5) is 0 Å². The summed E-state index contributed by atoms with van der Waals surface area (Å²) in [6, 6.07) is 10.0. The third-order valence-electron chi connectivity index (χ3n) is 4.60. The van der Waals surface area contributed by atoms with Crippen LogP contribution in [-0.2, 0) is 16.6 Å². The quantitative estimate of drug-likeness (QED) is 0.817. The average molecular weight is 324 g/mol. The molecule has 0 aromatic heterocycles. The minimum Gasteiger partial charge on any atom is -0.396 e. The maximum atomic E-state index is 12.2. The molecule has 0 unspecified atom stereocenters. The van der Waals surface area contributed by atoms with E-state index >= 15 is 0 Å². The fourth-order valence-electron chi connectivity index (χ4n) is 3.09. The van der Waals surface area contributed by atoms with E-state index in [1.165, 1.54) is 5.56 Å². The summed E-state index contributed by atoms with van der Waals surface area (Å²) < 4.78 is 27.2. The van der Waals surface area contributed by atoms with Crippen molar-refractivity contribution >= 4 is 10.0 Å². The van der Waals surface area contributed by atoms with Crippen LogP contribution < -0.4 is 4.72 Å². The van der Waals surface area contributed by atoms with Gasteiger partial charge in [0, 0.05) is 31.7 Å². The number of rotatable bonds is 6. The lowest BCUT2D eigenvalue weighted by molar-refractivity contribution is 0.101. The molecule has 1 aromatic carbocycles. The van der Waals surface area contributed by atoms with Crippen LogP contribution in [-0.4, -0.2) is 49.4 Å². The number of sulfonamides is 1. The second kappa shape index (κ2) is 6.66. The maximum Gasteiger partial charge on any atom is 0.214 e. The highest BCUT2D eigenvalue weighted by molar-refractivity contribution is 7.90. The highest BCUT2D eigenvalue weighted by Gasteiger charge is 2.39. The summed E-state index contributed by atoms with van der Waals surface area (Å²) in [5.74, 6) is 0.0144. The summed E-state index contributed by atoms with van der Waals surface area (Å²) >= 11 is 0. The van der Waals surface area contributed by atoms with Crippen LogP contribution in [0.15, 0.2) is 30.3 Å². The molecule has 0 spiro atoms. The molecular weight excluding hydrogens is 300 g/mol. The van der Waals surface area contributed by atoms with Gasteiger partial charge in [0.25, 0.3) is 0 Å². The third kappa shape index (κ3) is 3.87. The topological polar surface area (TPSA) is 69.6 Å². The molecule has 0 radical (unpaired) electrons. The minimum atomic E-state index is -3.21. The van der Waals surface area contributed by atoms with Crippen molar-refractivity contribution < 1.29 is 13.5 Å². The van der Waals surface area contributed by atoms with Gasteiger partial charge in [-0.05, 0) is 31.4 Å². The maximum absolute atomic E-state index is 12.2. The first-order chi connectivity index (χ1) is 10.6. The van der Waals surface area contributed by atoms with Crippen molar-refractivity contribution in [1.82, 2.24) is 9.62 Å². The number of hydrogen-bond acceptors (Lipinski definition) is 4. The van der Waals surface area contributed by atoms with Crippen molar-refractivity contribution in [3.8, 4) is 0 Å². The van der Waals surface area contributed by atoms with E-state index in [0.29, 0.717) is 6.54 Å². The lowest BCUT2D eigenvalue weighted by atomic mass is 9.93. The van der Waals surface area contributed by atoms with Crippen molar-refractivity contribution in [3.63, 3.8) is 0 Å². The number of nitrogens with one attached hydrogen (secondary N) is 1. The Labute approximate surface area is 132 Å². The second-order valence-electron chi connectivity index (χ2n) is 6.42. The number of aliphatic hydroxyl groups is 1. The van der Waals surface area contributed by atoms with Crippen molar-refractivity contribution in [2.75, 3.05) is 19.7 Å². The predicted octanol–water partition coefficient (Wildman–Crippen LogP) is 0.951. The SMILES string of the molecule is O=S(=O)(N[C@H]1CN(Cc2ccccc2)CC[C@@H]1CO)C1CC1. The first-order valence-corrected chi connectivity index (χ1v) is 9.51. The average Bonchev–Trinajstić information content (AvgIpc) is 3.33. The molecule has 2 aliphatic rings. The standard InChI is InChI=1S/C16H24N2O3S/c19-12-14-8-9-18(10-13-4-2-1-3-5-13)11-16(14)17-22(20,21)15-6-7-15/h1-5,14-17,19H,6-12H2/t14-,16+/m1/s1. The minimum absolute atomic E-state index is 0.0144. The molecule has 6 heteroatoms. The third-order valence-corrected chi connectivity index (χ3v) is 6.58. The van der Waals surface area contributed by atoms with Gasteiger partial charge in [-0.25, -0.2) is 13.1 Å². The Kier molecular flexibility index (Phi) is 4.82. The molecule has 2 fully saturated rings. The van der Waals surface area contributed by atoms with E-state index in [0.717, 1.165) is 32.4 Å². The summed E-state index contributed by atoms with van der Waals surface area (Å²) in [5.41, 5.74) is 1.23. The lowest BCUT2D eigenvalue weighted by Crippen LogP contribution is -2.53. The van der Waals surface area contributed by atoms with E-state index in [9.17, 15) is 13.5 Å². The molecule has 122 valence electrons. The van der Waals surface area contributed by atoms with Crippen LogP contribution in [0.3, 0.4) is 0 Å².